The van der Waals surface area contributed by atoms with Gasteiger partial charge in [0.15, 0.2) is 0 Å². The lowest BCUT2D eigenvalue weighted by atomic mass is 9.98. The van der Waals surface area contributed by atoms with E-state index < -0.39 is 17.7 Å². The maximum Gasteiger partial charge on any atom is 0.300 e. The summed E-state index contributed by atoms with van der Waals surface area (Å²) in [5.74, 6) is -0.0368. The standard InChI is InChI=1S/C31H27NO5/c1-19-9-13-24(14-10-19)32-28(26-15-11-21(3)37-26)27(30(34)31(32)35)29(33)23-12-16-25(20(2)17-23)36-18-22-7-5-4-6-8-22/h4-17,28,33H,18H2,1-3H3/b29-27-. The van der Waals surface area contributed by atoms with Crippen molar-refractivity contribution >= 4 is 23.1 Å². The van der Waals surface area contributed by atoms with Gasteiger partial charge >= 0.3 is 0 Å². The van der Waals surface area contributed by atoms with E-state index in [1.807, 2.05) is 56.3 Å². The van der Waals surface area contributed by atoms with Gasteiger partial charge in [0.1, 0.15) is 35.7 Å². The Bertz CT molecular complexity index is 1500. The number of aryl methyl sites for hydroxylation is 3. The highest BCUT2D eigenvalue weighted by Crippen LogP contribution is 2.43. The van der Waals surface area contributed by atoms with Crippen LogP contribution in [-0.2, 0) is 16.2 Å². The van der Waals surface area contributed by atoms with Crippen molar-refractivity contribution in [2.75, 3.05) is 4.90 Å². The summed E-state index contributed by atoms with van der Waals surface area (Å²) in [5.41, 5.74) is 3.80. The number of aliphatic hydroxyl groups is 1. The Balaban J connectivity index is 1.54. The minimum Gasteiger partial charge on any atom is -0.507 e. The summed E-state index contributed by atoms with van der Waals surface area (Å²) >= 11 is 0. The number of furan rings is 1. The highest BCUT2D eigenvalue weighted by Gasteiger charge is 2.48. The Labute approximate surface area is 215 Å². The number of hydrogen-bond acceptors (Lipinski definition) is 5. The fraction of sp³-hybridized carbons (Fsp3) is 0.161. The number of ether oxygens (including phenoxy) is 1. The van der Waals surface area contributed by atoms with E-state index in [0.717, 1.165) is 16.7 Å². The summed E-state index contributed by atoms with van der Waals surface area (Å²) in [4.78, 5) is 27.9. The first-order valence-electron chi connectivity index (χ1n) is 12.0. The zero-order chi connectivity index (χ0) is 26.1. The molecule has 1 unspecified atom stereocenters. The number of nitrogens with zero attached hydrogens (tertiary/aromatic N) is 1. The van der Waals surface area contributed by atoms with Gasteiger partial charge in [-0.25, -0.2) is 0 Å². The first kappa shape index (κ1) is 24.1. The third-order valence-corrected chi connectivity index (χ3v) is 6.47. The van der Waals surface area contributed by atoms with Crippen molar-refractivity contribution in [1.82, 2.24) is 0 Å². The molecule has 0 bridgehead atoms. The Hall–Kier alpha value is -4.58. The largest absolute Gasteiger partial charge is 0.507 e. The maximum absolute atomic E-state index is 13.3. The number of benzene rings is 3. The van der Waals surface area contributed by atoms with E-state index in [1.165, 1.54) is 4.90 Å². The Morgan fingerprint density at radius 3 is 2.30 bits per heavy atom. The summed E-state index contributed by atoms with van der Waals surface area (Å²) in [7, 11) is 0. The normalized spacial score (nSPS) is 16.8. The number of rotatable bonds is 6. The number of carbonyl (C=O) groups excluding carboxylic acids is 2. The molecule has 3 aromatic carbocycles. The molecule has 2 heterocycles. The minimum absolute atomic E-state index is 0.0164. The zero-order valence-electron chi connectivity index (χ0n) is 20.9. The van der Waals surface area contributed by atoms with Gasteiger partial charge in [-0.2, -0.15) is 0 Å². The Morgan fingerprint density at radius 1 is 0.919 bits per heavy atom. The number of carbonyl (C=O) groups is 2. The van der Waals surface area contributed by atoms with Gasteiger partial charge in [-0.05, 0) is 74.4 Å². The summed E-state index contributed by atoms with van der Waals surface area (Å²) in [6.07, 6.45) is 0. The van der Waals surface area contributed by atoms with Gasteiger partial charge in [-0.15, -0.1) is 0 Å². The third-order valence-electron chi connectivity index (χ3n) is 6.47. The molecule has 6 nitrogen and oxygen atoms in total. The average Bonchev–Trinajstić information content (AvgIpc) is 3.44. The Kier molecular flexibility index (Phi) is 6.40. The van der Waals surface area contributed by atoms with Gasteiger partial charge in [0.2, 0.25) is 0 Å². The third kappa shape index (κ3) is 4.66. The predicted octanol–water partition coefficient (Wildman–Crippen LogP) is 6.41. The van der Waals surface area contributed by atoms with Crippen LogP contribution in [-0.4, -0.2) is 16.8 Å². The van der Waals surface area contributed by atoms with E-state index in [4.69, 9.17) is 9.15 Å². The van der Waals surface area contributed by atoms with E-state index in [0.29, 0.717) is 35.1 Å². The monoisotopic (exact) mass is 493 g/mol. The highest BCUT2D eigenvalue weighted by molar-refractivity contribution is 6.51. The molecule has 1 aliphatic rings. The SMILES string of the molecule is Cc1ccc(N2C(=O)C(=O)/C(=C(\O)c3ccc(OCc4ccccc4)c(C)c3)C2c2ccc(C)o2)cc1. The summed E-state index contributed by atoms with van der Waals surface area (Å²) in [5, 5.41) is 11.4. The molecule has 0 spiro atoms. The molecule has 1 aromatic heterocycles. The van der Waals surface area contributed by atoms with Crippen LogP contribution in [0.4, 0.5) is 5.69 Å². The van der Waals surface area contributed by atoms with Crippen LogP contribution in [0, 0.1) is 20.8 Å². The van der Waals surface area contributed by atoms with Gasteiger partial charge in [0.05, 0.1) is 5.57 Å². The van der Waals surface area contributed by atoms with Gasteiger partial charge < -0.3 is 14.3 Å². The number of aliphatic hydroxyl groups excluding tert-OH is 1. The quantitative estimate of drug-likeness (QED) is 0.191. The van der Waals surface area contributed by atoms with E-state index in [2.05, 4.69) is 0 Å². The van der Waals surface area contributed by atoms with E-state index in [-0.39, 0.29) is 11.3 Å². The van der Waals surface area contributed by atoms with Crippen LogP contribution in [0.25, 0.3) is 5.76 Å². The molecular formula is C31H27NO5. The van der Waals surface area contributed by atoms with Crippen molar-refractivity contribution in [3.8, 4) is 5.75 Å². The van der Waals surface area contributed by atoms with Gasteiger partial charge in [-0.3, -0.25) is 14.5 Å². The van der Waals surface area contributed by atoms with Gasteiger partial charge in [0.25, 0.3) is 11.7 Å². The van der Waals surface area contributed by atoms with Crippen LogP contribution in [0.1, 0.15) is 39.8 Å². The number of Topliss-reactive ketones (excluding diaryl/α,β-unsaturated/α-hetero) is 1. The second-order valence-corrected chi connectivity index (χ2v) is 9.21. The molecule has 186 valence electrons. The summed E-state index contributed by atoms with van der Waals surface area (Å²) < 4.78 is 11.8. The van der Waals surface area contributed by atoms with Crippen molar-refractivity contribution in [3.63, 3.8) is 0 Å². The number of amides is 1. The summed E-state index contributed by atoms with van der Waals surface area (Å²) in [6, 6.07) is 24.9. The summed E-state index contributed by atoms with van der Waals surface area (Å²) in [6.45, 7) is 6.02. The van der Waals surface area contributed by atoms with Gasteiger partial charge in [0, 0.05) is 11.3 Å². The molecule has 1 amide bonds. The number of anilines is 1. The predicted molar refractivity (Wildman–Crippen MR) is 141 cm³/mol. The zero-order valence-corrected chi connectivity index (χ0v) is 20.9. The topological polar surface area (TPSA) is 80.0 Å². The average molecular weight is 494 g/mol. The molecule has 1 N–H and O–H groups in total. The Morgan fingerprint density at radius 2 is 1.65 bits per heavy atom. The molecule has 1 aliphatic heterocycles. The van der Waals surface area contributed by atoms with E-state index in [1.54, 1.807) is 49.4 Å². The lowest BCUT2D eigenvalue weighted by molar-refractivity contribution is -0.132. The van der Waals surface area contributed by atoms with Crippen LogP contribution < -0.4 is 9.64 Å². The number of ketones is 1. The fourth-order valence-corrected chi connectivity index (χ4v) is 4.52. The molecule has 1 fully saturated rings. The van der Waals surface area contributed by atoms with Crippen LogP contribution in [0.5, 0.6) is 5.75 Å². The second-order valence-electron chi connectivity index (χ2n) is 9.21. The molecule has 0 radical (unpaired) electrons. The second kappa shape index (κ2) is 9.82. The van der Waals surface area contributed by atoms with Gasteiger partial charge in [-0.1, -0.05) is 48.0 Å². The lowest BCUT2D eigenvalue weighted by Crippen LogP contribution is -2.29. The van der Waals surface area contributed by atoms with E-state index in [9.17, 15) is 14.7 Å². The first-order valence-corrected chi connectivity index (χ1v) is 12.0. The van der Waals surface area contributed by atoms with Crippen molar-refractivity contribution in [2.24, 2.45) is 0 Å². The van der Waals surface area contributed by atoms with Crippen molar-refractivity contribution in [3.05, 3.63) is 124 Å². The van der Waals surface area contributed by atoms with Crippen LogP contribution >= 0.6 is 0 Å². The van der Waals surface area contributed by atoms with Crippen LogP contribution in [0.2, 0.25) is 0 Å². The van der Waals surface area contributed by atoms with Crippen molar-refractivity contribution in [1.29, 1.82) is 0 Å². The maximum atomic E-state index is 13.3. The molecule has 0 aliphatic carbocycles. The fourth-order valence-electron chi connectivity index (χ4n) is 4.52. The molecule has 1 saturated heterocycles. The molecule has 6 heteroatoms. The molecule has 37 heavy (non-hydrogen) atoms. The first-order chi connectivity index (χ1) is 17.8. The smallest absolute Gasteiger partial charge is 0.300 e. The molecule has 4 aromatic rings. The minimum atomic E-state index is -0.897. The van der Waals surface area contributed by atoms with Crippen LogP contribution in [0.15, 0.2) is 94.9 Å². The van der Waals surface area contributed by atoms with E-state index >= 15 is 0 Å². The molecule has 0 saturated carbocycles. The molecular weight excluding hydrogens is 466 g/mol. The highest BCUT2D eigenvalue weighted by atomic mass is 16.5. The molecule has 5 rings (SSSR count). The van der Waals surface area contributed by atoms with Crippen molar-refractivity contribution in [2.45, 2.75) is 33.4 Å². The van der Waals surface area contributed by atoms with Crippen molar-refractivity contribution < 1.29 is 23.8 Å². The lowest BCUT2D eigenvalue weighted by Gasteiger charge is -2.23. The molecule has 1 atom stereocenters. The van der Waals surface area contributed by atoms with Crippen LogP contribution in [0.3, 0.4) is 0 Å². The number of hydrogen-bond donors (Lipinski definition) is 1.